The molecular weight excluding hydrogens is 245 g/mol. The predicted octanol–water partition coefficient (Wildman–Crippen LogP) is 2.05. The Morgan fingerprint density at radius 3 is 2.53 bits per heavy atom. The van der Waals surface area contributed by atoms with Crippen LogP contribution in [0.4, 0.5) is 10.2 Å². The summed E-state index contributed by atoms with van der Waals surface area (Å²) in [5, 5.41) is 4.24. The second-order valence-corrected chi connectivity index (χ2v) is 3.89. The lowest BCUT2D eigenvalue weighted by atomic mass is 10.1. The molecule has 1 aromatic carbocycles. The Bertz CT molecular complexity index is 708. The van der Waals surface area contributed by atoms with Crippen LogP contribution in [0.25, 0.3) is 17.2 Å². The minimum atomic E-state index is -0.346. The third-order valence-electron chi connectivity index (χ3n) is 2.63. The van der Waals surface area contributed by atoms with Gasteiger partial charge < -0.3 is 5.73 Å². The van der Waals surface area contributed by atoms with Gasteiger partial charge >= 0.3 is 0 Å². The number of nitrogens with zero attached hydrogens (tertiary/aromatic N) is 4. The van der Waals surface area contributed by atoms with Crippen molar-refractivity contribution in [2.24, 2.45) is 0 Å². The number of hydrogen-bond donors (Lipinski definition) is 1. The molecule has 0 atom stereocenters. The highest BCUT2D eigenvalue weighted by Crippen LogP contribution is 2.23. The molecule has 3 aromatic rings. The zero-order valence-corrected chi connectivity index (χ0v) is 9.86. The fourth-order valence-corrected chi connectivity index (χ4v) is 1.76. The lowest BCUT2D eigenvalue weighted by Crippen LogP contribution is -2.05. The summed E-state index contributed by atoms with van der Waals surface area (Å²) in [5.41, 5.74) is 6.70. The first-order chi connectivity index (χ1) is 9.25. The molecule has 0 amide bonds. The molecule has 0 bridgehead atoms. The molecule has 2 N–H and O–H groups in total. The van der Waals surface area contributed by atoms with Crippen molar-refractivity contribution in [1.82, 2.24) is 19.7 Å². The van der Waals surface area contributed by atoms with Crippen LogP contribution in [0.2, 0.25) is 0 Å². The maximum absolute atomic E-state index is 13.7. The lowest BCUT2D eigenvalue weighted by Gasteiger charge is -2.00. The molecule has 0 saturated heterocycles. The van der Waals surface area contributed by atoms with Gasteiger partial charge in [-0.1, -0.05) is 12.1 Å². The Hall–Kier alpha value is -2.76. The maximum atomic E-state index is 13.7. The number of halogens is 1. The van der Waals surface area contributed by atoms with Crippen molar-refractivity contribution in [2.75, 3.05) is 5.73 Å². The number of nitrogen functional groups attached to an aromatic ring is 1. The first-order valence-corrected chi connectivity index (χ1v) is 5.63. The Morgan fingerprint density at radius 2 is 1.79 bits per heavy atom. The van der Waals surface area contributed by atoms with E-state index in [1.54, 1.807) is 42.7 Å². The van der Waals surface area contributed by atoms with E-state index in [-0.39, 0.29) is 5.82 Å². The van der Waals surface area contributed by atoms with E-state index in [9.17, 15) is 4.39 Å². The summed E-state index contributed by atoms with van der Waals surface area (Å²) in [6.45, 7) is 0. The molecule has 0 aliphatic heterocycles. The number of benzene rings is 1. The smallest absolute Gasteiger partial charge is 0.252 e. The molecule has 3 rings (SSSR count). The maximum Gasteiger partial charge on any atom is 0.252 e. The van der Waals surface area contributed by atoms with E-state index in [0.29, 0.717) is 23.0 Å². The highest BCUT2D eigenvalue weighted by Gasteiger charge is 2.12. The van der Waals surface area contributed by atoms with E-state index in [1.807, 2.05) is 0 Å². The molecule has 0 aliphatic rings. The van der Waals surface area contributed by atoms with Gasteiger partial charge in [-0.05, 0) is 18.2 Å². The largest absolute Gasteiger partial charge is 0.383 e. The highest BCUT2D eigenvalue weighted by atomic mass is 19.1. The first-order valence-electron chi connectivity index (χ1n) is 5.63. The van der Waals surface area contributed by atoms with Gasteiger partial charge in [-0.25, -0.2) is 14.4 Å². The predicted molar refractivity (Wildman–Crippen MR) is 69.0 cm³/mol. The molecule has 0 fully saturated rings. The number of nitrogens with two attached hydrogens (primary N) is 1. The van der Waals surface area contributed by atoms with E-state index in [4.69, 9.17) is 5.73 Å². The Labute approximate surface area is 108 Å². The van der Waals surface area contributed by atoms with Gasteiger partial charge in [0.15, 0.2) is 0 Å². The number of aromatic nitrogens is 4. The summed E-state index contributed by atoms with van der Waals surface area (Å²) in [6, 6.07) is 9.68. The first kappa shape index (κ1) is 11.3. The molecule has 0 unspecified atom stereocenters. The Morgan fingerprint density at radius 1 is 1.05 bits per heavy atom. The topological polar surface area (TPSA) is 69.6 Å². The molecule has 0 saturated carbocycles. The van der Waals surface area contributed by atoms with Crippen LogP contribution >= 0.6 is 0 Å². The molecule has 19 heavy (non-hydrogen) atoms. The molecule has 0 spiro atoms. The van der Waals surface area contributed by atoms with Gasteiger partial charge in [0.25, 0.3) is 5.95 Å². The van der Waals surface area contributed by atoms with Gasteiger partial charge in [0.1, 0.15) is 11.6 Å². The van der Waals surface area contributed by atoms with Crippen molar-refractivity contribution < 1.29 is 4.39 Å². The van der Waals surface area contributed by atoms with Crippen molar-refractivity contribution >= 4 is 5.82 Å². The van der Waals surface area contributed by atoms with Crippen LogP contribution in [-0.2, 0) is 0 Å². The summed E-state index contributed by atoms with van der Waals surface area (Å²) in [5.74, 6) is 0.355. The summed E-state index contributed by atoms with van der Waals surface area (Å²) in [6.07, 6.45) is 3.18. The standard InChI is InChI=1S/C13H10FN5/c14-10-5-2-1-4-9(10)11-8-12(15)19(18-11)13-16-6-3-7-17-13/h1-8H,15H2. The number of anilines is 1. The van der Waals surface area contributed by atoms with Crippen molar-refractivity contribution in [3.63, 3.8) is 0 Å². The van der Waals surface area contributed by atoms with Gasteiger partial charge in [-0.3, -0.25) is 0 Å². The van der Waals surface area contributed by atoms with Crippen LogP contribution in [0.15, 0.2) is 48.8 Å². The van der Waals surface area contributed by atoms with E-state index >= 15 is 0 Å². The van der Waals surface area contributed by atoms with Crippen LogP contribution < -0.4 is 5.73 Å². The average Bonchev–Trinajstić information content (AvgIpc) is 2.82. The highest BCUT2D eigenvalue weighted by molar-refractivity contribution is 5.63. The second-order valence-electron chi connectivity index (χ2n) is 3.89. The zero-order valence-electron chi connectivity index (χ0n) is 9.86. The summed E-state index contributed by atoms with van der Waals surface area (Å²) >= 11 is 0. The molecule has 0 radical (unpaired) electrons. The number of rotatable bonds is 2. The van der Waals surface area contributed by atoms with Crippen LogP contribution in [0, 0.1) is 5.82 Å². The van der Waals surface area contributed by atoms with Gasteiger partial charge in [0.05, 0.1) is 5.69 Å². The SMILES string of the molecule is Nc1cc(-c2ccccc2F)nn1-c1ncccn1. The van der Waals surface area contributed by atoms with Gasteiger partial charge in [-0.2, -0.15) is 9.78 Å². The van der Waals surface area contributed by atoms with Crippen LogP contribution in [-0.4, -0.2) is 19.7 Å². The summed E-state index contributed by atoms with van der Waals surface area (Å²) in [7, 11) is 0. The fourth-order valence-electron chi connectivity index (χ4n) is 1.76. The van der Waals surface area contributed by atoms with Gasteiger partial charge in [0.2, 0.25) is 0 Å². The molecular formula is C13H10FN5. The van der Waals surface area contributed by atoms with Crippen molar-refractivity contribution in [3.05, 3.63) is 54.6 Å². The molecule has 2 aromatic heterocycles. The molecule has 6 heteroatoms. The Balaban J connectivity index is 2.10. The van der Waals surface area contributed by atoms with Crippen LogP contribution in [0.5, 0.6) is 0 Å². The van der Waals surface area contributed by atoms with E-state index in [0.717, 1.165) is 0 Å². The summed E-state index contributed by atoms with van der Waals surface area (Å²) < 4.78 is 15.1. The van der Waals surface area contributed by atoms with Crippen LogP contribution in [0.3, 0.4) is 0 Å². The Kier molecular flexibility index (Phi) is 2.68. The van der Waals surface area contributed by atoms with Gasteiger partial charge in [0, 0.05) is 24.0 Å². The minimum absolute atomic E-state index is 0.346. The van der Waals surface area contributed by atoms with Crippen molar-refractivity contribution in [3.8, 4) is 17.2 Å². The molecule has 2 heterocycles. The fraction of sp³-hybridized carbons (Fsp3) is 0. The molecule has 0 aliphatic carbocycles. The van der Waals surface area contributed by atoms with E-state index < -0.39 is 0 Å². The number of hydrogen-bond acceptors (Lipinski definition) is 4. The van der Waals surface area contributed by atoms with Crippen molar-refractivity contribution in [1.29, 1.82) is 0 Å². The molecule has 94 valence electrons. The lowest BCUT2D eigenvalue weighted by molar-refractivity contribution is 0.630. The minimum Gasteiger partial charge on any atom is -0.383 e. The third-order valence-corrected chi connectivity index (χ3v) is 2.63. The van der Waals surface area contributed by atoms with Crippen molar-refractivity contribution in [2.45, 2.75) is 0 Å². The van der Waals surface area contributed by atoms with Crippen LogP contribution in [0.1, 0.15) is 0 Å². The third kappa shape index (κ3) is 2.03. The monoisotopic (exact) mass is 255 g/mol. The zero-order chi connectivity index (χ0) is 13.2. The van der Waals surface area contributed by atoms with Gasteiger partial charge in [-0.15, -0.1) is 0 Å². The quantitative estimate of drug-likeness (QED) is 0.760. The summed E-state index contributed by atoms with van der Waals surface area (Å²) in [4.78, 5) is 8.11. The molecule has 5 nitrogen and oxygen atoms in total. The van der Waals surface area contributed by atoms with E-state index in [1.165, 1.54) is 10.7 Å². The normalized spacial score (nSPS) is 10.6. The second kappa shape index (κ2) is 4.49. The van der Waals surface area contributed by atoms with E-state index in [2.05, 4.69) is 15.1 Å². The average molecular weight is 255 g/mol.